The maximum atomic E-state index is 6.50. The molecule has 0 aliphatic heterocycles. The van der Waals surface area contributed by atoms with E-state index in [1.807, 2.05) is 6.92 Å². The predicted octanol–water partition coefficient (Wildman–Crippen LogP) is 9.15. The van der Waals surface area contributed by atoms with E-state index in [0.29, 0.717) is 17.5 Å². The van der Waals surface area contributed by atoms with Crippen LogP contribution in [0.1, 0.15) is 51.6 Å². The van der Waals surface area contributed by atoms with Crippen molar-refractivity contribution in [2.75, 3.05) is 0 Å². The summed E-state index contributed by atoms with van der Waals surface area (Å²) in [6, 6.07) is 24.3. The number of nitrogens with zero attached hydrogens (tertiary/aromatic N) is 2. The van der Waals surface area contributed by atoms with Gasteiger partial charge in [0.15, 0.2) is 0 Å². The molecule has 3 heteroatoms. The van der Waals surface area contributed by atoms with Crippen molar-refractivity contribution >= 4 is 43.6 Å². The van der Waals surface area contributed by atoms with Crippen molar-refractivity contribution in [3.63, 3.8) is 0 Å². The zero-order chi connectivity index (χ0) is 25.2. The summed E-state index contributed by atoms with van der Waals surface area (Å²) in [5.74, 6) is 1.31. The first-order valence-electron chi connectivity index (χ1n) is 12.8. The van der Waals surface area contributed by atoms with Crippen molar-refractivity contribution in [3.05, 3.63) is 83.7 Å². The molecule has 0 atom stereocenters. The zero-order valence-corrected chi connectivity index (χ0v) is 21.9. The fraction of sp³-hybridized carbons (Fsp3) is 0.273. The molecule has 3 nitrogen and oxygen atoms in total. The van der Waals surface area contributed by atoms with E-state index < -0.39 is 0 Å². The minimum Gasteiger partial charge on any atom is -0.437 e. The molecule has 4 aromatic carbocycles. The highest BCUT2D eigenvalue weighted by Gasteiger charge is 2.22. The van der Waals surface area contributed by atoms with E-state index in [4.69, 9.17) is 14.4 Å². The summed E-state index contributed by atoms with van der Waals surface area (Å²) in [6.45, 7) is 13.3. The van der Waals surface area contributed by atoms with Crippen LogP contribution in [-0.4, -0.2) is 9.97 Å². The molecule has 0 spiro atoms. The molecule has 0 amide bonds. The lowest BCUT2D eigenvalue weighted by Gasteiger charge is -2.23. The second-order valence-electron chi connectivity index (χ2n) is 11.5. The third-order valence-corrected chi connectivity index (χ3v) is 7.08. The van der Waals surface area contributed by atoms with Crippen LogP contribution in [0.15, 0.2) is 71.1 Å². The van der Waals surface area contributed by atoms with Crippen LogP contribution in [0.5, 0.6) is 0 Å². The van der Waals surface area contributed by atoms with E-state index in [9.17, 15) is 0 Å². The van der Waals surface area contributed by atoms with E-state index in [1.165, 1.54) is 27.3 Å². The van der Waals surface area contributed by atoms with Crippen LogP contribution in [0.4, 0.5) is 0 Å². The van der Waals surface area contributed by atoms with Crippen LogP contribution in [0.2, 0.25) is 0 Å². The standard InChI is InChI=1S/C33H32N2O/c1-19(2)15-21-11-12-22-13-14-26-29-30(34-20(3)35-32(29)36-31(26)27(22)16-21)24-17-23-9-7-8-10-25(23)28(18-24)33(4,5)6/h7-14,16-19H,15H2,1-6H3. The van der Waals surface area contributed by atoms with Gasteiger partial charge in [-0.3, -0.25) is 0 Å². The fourth-order valence-electron chi connectivity index (χ4n) is 5.48. The molecule has 6 aromatic rings. The zero-order valence-electron chi connectivity index (χ0n) is 21.9. The molecule has 180 valence electrons. The van der Waals surface area contributed by atoms with Gasteiger partial charge in [-0.25, -0.2) is 4.98 Å². The minimum absolute atomic E-state index is 0.00170. The third-order valence-electron chi connectivity index (χ3n) is 7.08. The van der Waals surface area contributed by atoms with Gasteiger partial charge in [-0.05, 0) is 76.2 Å². The van der Waals surface area contributed by atoms with Gasteiger partial charge < -0.3 is 4.42 Å². The largest absolute Gasteiger partial charge is 0.437 e. The van der Waals surface area contributed by atoms with E-state index in [2.05, 4.69) is 101 Å². The van der Waals surface area contributed by atoms with Gasteiger partial charge in [-0.2, -0.15) is 4.98 Å². The Morgan fingerprint density at radius 2 is 1.58 bits per heavy atom. The Balaban J connectivity index is 1.68. The molecule has 0 bridgehead atoms. The number of aromatic nitrogens is 2. The van der Waals surface area contributed by atoms with Crippen molar-refractivity contribution < 1.29 is 4.42 Å². The highest BCUT2D eigenvalue weighted by Crippen LogP contribution is 2.41. The van der Waals surface area contributed by atoms with Gasteiger partial charge >= 0.3 is 0 Å². The molecule has 0 unspecified atom stereocenters. The normalized spacial score (nSPS) is 12.5. The first-order valence-corrected chi connectivity index (χ1v) is 12.8. The lowest BCUT2D eigenvalue weighted by atomic mass is 9.82. The van der Waals surface area contributed by atoms with Crippen LogP contribution in [0, 0.1) is 12.8 Å². The Hall–Kier alpha value is -3.72. The van der Waals surface area contributed by atoms with Gasteiger partial charge in [0.1, 0.15) is 11.4 Å². The SMILES string of the molecule is Cc1nc(-c2cc(C(C)(C)C)c3ccccc3c2)c2c(n1)oc1c3cc(CC(C)C)ccc3ccc12. The average molecular weight is 473 g/mol. The Labute approximate surface area is 212 Å². The number of fused-ring (bicyclic) bond motifs is 6. The maximum absolute atomic E-state index is 6.50. The Bertz CT molecular complexity index is 1780. The van der Waals surface area contributed by atoms with Crippen LogP contribution < -0.4 is 0 Å². The first-order chi connectivity index (χ1) is 17.2. The lowest BCUT2D eigenvalue weighted by Crippen LogP contribution is -2.12. The second-order valence-corrected chi connectivity index (χ2v) is 11.5. The molecule has 0 aliphatic rings. The number of hydrogen-bond acceptors (Lipinski definition) is 3. The van der Waals surface area contributed by atoms with E-state index in [-0.39, 0.29) is 5.41 Å². The lowest BCUT2D eigenvalue weighted by molar-refractivity contribution is 0.596. The summed E-state index contributed by atoms with van der Waals surface area (Å²) in [5, 5.41) is 6.89. The van der Waals surface area contributed by atoms with Gasteiger partial charge in [0, 0.05) is 16.3 Å². The molecular weight excluding hydrogens is 440 g/mol. The van der Waals surface area contributed by atoms with Crippen molar-refractivity contribution in [2.24, 2.45) is 5.92 Å². The van der Waals surface area contributed by atoms with Crippen LogP contribution in [0.3, 0.4) is 0 Å². The van der Waals surface area contributed by atoms with Gasteiger partial charge in [-0.1, -0.05) is 77.1 Å². The molecular formula is C33H32N2O. The Kier molecular flexibility index (Phi) is 5.15. The second kappa shape index (κ2) is 8.16. The van der Waals surface area contributed by atoms with E-state index in [0.717, 1.165) is 39.4 Å². The highest BCUT2D eigenvalue weighted by molar-refractivity contribution is 6.18. The maximum Gasteiger partial charge on any atom is 0.231 e. The van der Waals surface area contributed by atoms with E-state index in [1.54, 1.807) is 0 Å². The molecule has 0 saturated carbocycles. The summed E-state index contributed by atoms with van der Waals surface area (Å²) in [7, 11) is 0. The molecule has 0 saturated heterocycles. The Morgan fingerprint density at radius 1 is 0.806 bits per heavy atom. The third kappa shape index (κ3) is 3.74. The van der Waals surface area contributed by atoms with Gasteiger partial charge in [0.2, 0.25) is 5.71 Å². The summed E-state index contributed by atoms with van der Waals surface area (Å²) >= 11 is 0. The monoisotopic (exact) mass is 472 g/mol. The number of benzene rings is 4. The van der Waals surface area contributed by atoms with Crippen molar-refractivity contribution in [1.29, 1.82) is 0 Å². The molecule has 0 fully saturated rings. The first kappa shape index (κ1) is 22.7. The highest BCUT2D eigenvalue weighted by atomic mass is 16.3. The number of aryl methyl sites for hydroxylation is 1. The van der Waals surface area contributed by atoms with Gasteiger partial charge in [0.25, 0.3) is 0 Å². The quantitative estimate of drug-likeness (QED) is 0.258. The molecule has 36 heavy (non-hydrogen) atoms. The van der Waals surface area contributed by atoms with Gasteiger partial charge in [-0.15, -0.1) is 0 Å². The Morgan fingerprint density at radius 3 is 2.36 bits per heavy atom. The van der Waals surface area contributed by atoms with Crippen molar-refractivity contribution in [1.82, 2.24) is 9.97 Å². The number of furan rings is 1. The van der Waals surface area contributed by atoms with Crippen LogP contribution in [0.25, 0.3) is 54.9 Å². The molecule has 2 heterocycles. The number of rotatable bonds is 3. The molecule has 0 radical (unpaired) electrons. The topological polar surface area (TPSA) is 38.9 Å². The average Bonchev–Trinajstić information content (AvgIpc) is 3.20. The van der Waals surface area contributed by atoms with Crippen molar-refractivity contribution in [3.8, 4) is 11.3 Å². The summed E-state index contributed by atoms with van der Waals surface area (Å²) in [6.07, 6.45) is 1.05. The molecule has 6 rings (SSSR count). The minimum atomic E-state index is -0.00170. The summed E-state index contributed by atoms with van der Waals surface area (Å²) in [4.78, 5) is 9.72. The van der Waals surface area contributed by atoms with Gasteiger partial charge in [0.05, 0.1) is 11.1 Å². The molecule has 0 N–H and O–H groups in total. The predicted molar refractivity (Wildman–Crippen MR) is 152 cm³/mol. The molecule has 0 aliphatic carbocycles. The molecule has 2 aromatic heterocycles. The van der Waals surface area contributed by atoms with Crippen molar-refractivity contribution in [2.45, 2.75) is 53.4 Å². The number of hydrogen-bond donors (Lipinski definition) is 0. The smallest absolute Gasteiger partial charge is 0.231 e. The van der Waals surface area contributed by atoms with Crippen LogP contribution >= 0.6 is 0 Å². The fourth-order valence-corrected chi connectivity index (χ4v) is 5.48. The van der Waals surface area contributed by atoms with Crippen LogP contribution in [-0.2, 0) is 11.8 Å². The summed E-state index contributed by atoms with van der Waals surface area (Å²) < 4.78 is 6.50. The van der Waals surface area contributed by atoms with E-state index >= 15 is 0 Å². The summed E-state index contributed by atoms with van der Waals surface area (Å²) in [5.41, 5.74) is 6.23.